The van der Waals surface area contributed by atoms with E-state index in [0.717, 1.165) is 25.1 Å². The molecule has 0 aliphatic heterocycles. The summed E-state index contributed by atoms with van der Waals surface area (Å²) in [6.07, 6.45) is -1.37. The topological polar surface area (TPSA) is 168 Å². The fourth-order valence-corrected chi connectivity index (χ4v) is 3.29. The summed E-state index contributed by atoms with van der Waals surface area (Å²) in [5.41, 5.74) is 3.56. The number of methoxy groups -OCH3 is 1. The molecule has 2 rings (SSSR count). The maximum Gasteiger partial charge on any atom is 0.341 e. The molecule has 0 spiro atoms. The average Bonchev–Trinajstić information content (AvgIpc) is 2.67. The molecule has 0 unspecified atom stereocenters. The van der Waals surface area contributed by atoms with Crippen LogP contribution in [-0.2, 0) is 19.6 Å². The van der Waals surface area contributed by atoms with Crippen LogP contribution in [0.5, 0.6) is 5.75 Å². The van der Waals surface area contributed by atoms with Crippen molar-refractivity contribution in [3.63, 3.8) is 0 Å². The van der Waals surface area contributed by atoms with Crippen molar-refractivity contribution in [3.8, 4) is 5.75 Å². The van der Waals surface area contributed by atoms with Gasteiger partial charge in [-0.15, -0.1) is 0 Å². The first-order valence-electron chi connectivity index (χ1n) is 8.11. The highest BCUT2D eigenvalue weighted by Crippen LogP contribution is 2.31. The number of nitrogens with zero attached hydrogens (tertiary/aromatic N) is 1. The van der Waals surface area contributed by atoms with Gasteiger partial charge < -0.3 is 15.2 Å². The monoisotopic (exact) mass is 441 g/mol. The molecule has 160 valence electrons. The fourth-order valence-electron chi connectivity index (χ4n) is 2.20. The highest BCUT2D eigenvalue weighted by Gasteiger charge is 2.24. The number of non-ortho nitro benzene ring substituents is 1. The van der Waals surface area contributed by atoms with Crippen LogP contribution in [0.2, 0.25) is 0 Å². The molecule has 2 aromatic carbocycles. The van der Waals surface area contributed by atoms with Crippen molar-refractivity contribution in [3.05, 3.63) is 57.9 Å². The molecular weight excluding hydrogens is 425 g/mol. The predicted molar refractivity (Wildman–Crippen MR) is 101 cm³/mol. The summed E-state index contributed by atoms with van der Waals surface area (Å²) in [5.74, 6) is -3.39. The standard InChI is InChI=1S/C17H16FN3O8S/c1-9(16(19)22)29-17(23)12-8-11(4-5-13(12)18)30(26,27)20-14-7-10(21(24)25)3-6-15(14)28-2/h3-9,20H,1-2H3,(H2,19,22)/t9-/m0/s1. The molecule has 13 heteroatoms. The van der Waals surface area contributed by atoms with Crippen LogP contribution in [-0.4, -0.2) is 38.4 Å². The zero-order valence-corrected chi connectivity index (χ0v) is 16.4. The summed E-state index contributed by atoms with van der Waals surface area (Å²) in [5, 5.41) is 10.9. The van der Waals surface area contributed by atoms with Crippen LogP contribution >= 0.6 is 0 Å². The molecule has 3 N–H and O–H groups in total. The molecule has 0 aliphatic carbocycles. The zero-order valence-electron chi connectivity index (χ0n) is 15.6. The van der Waals surface area contributed by atoms with Gasteiger partial charge in [-0.3, -0.25) is 19.6 Å². The number of carbonyl (C=O) groups is 2. The molecule has 0 radical (unpaired) electrons. The van der Waals surface area contributed by atoms with Crippen LogP contribution in [0.3, 0.4) is 0 Å². The van der Waals surface area contributed by atoms with E-state index in [-0.39, 0.29) is 11.4 Å². The van der Waals surface area contributed by atoms with Crippen molar-refractivity contribution in [2.75, 3.05) is 11.8 Å². The first kappa shape index (κ1) is 22.5. The van der Waals surface area contributed by atoms with Crippen LogP contribution in [0.1, 0.15) is 17.3 Å². The van der Waals surface area contributed by atoms with Crippen molar-refractivity contribution < 1.29 is 36.8 Å². The summed E-state index contributed by atoms with van der Waals surface area (Å²) in [6, 6.07) is 5.51. The minimum atomic E-state index is -4.42. The minimum Gasteiger partial charge on any atom is -0.495 e. The number of rotatable bonds is 8. The third-order valence-corrected chi connectivity index (χ3v) is 5.15. The molecule has 0 saturated carbocycles. The van der Waals surface area contributed by atoms with Crippen LogP contribution < -0.4 is 15.2 Å². The first-order valence-corrected chi connectivity index (χ1v) is 9.59. The fraction of sp³-hybridized carbons (Fsp3) is 0.176. The van der Waals surface area contributed by atoms with Gasteiger partial charge in [-0.1, -0.05) is 0 Å². The number of nitrogens with two attached hydrogens (primary N) is 1. The minimum absolute atomic E-state index is 0.0128. The third kappa shape index (κ3) is 5.00. The number of nitro benzene ring substituents is 1. The average molecular weight is 441 g/mol. The van der Waals surface area contributed by atoms with Gasteiger partial charge in [0.2, 0.25) is 0 Å². The highest BCUT2D eigenvalue weighted by molar-refractivity contribution is 7.92. The van der Waals surface area contributed by atoms with Gasteiger partial charge >= 0.3 is 5.97 Å². The lowest BCUT2D eigenvalue weighted by molar-refractivity contribution is -0.384. The van der Waals surface area contributed by atoms with Crippen molar-refractivity contribution in [1.82, 2.24) is 0 Å². The van der Waals surface area contributed by atoms with Gasteiger partial charge in [0.1, 0.15) is 11.6 Å². The van der Waals surface area contributed by atoms with Crippen molar-refractivity contribution in [2.45, 2.75) is 17.9 Å². The van der Waals surface area contributed by atoms with E-state index in [0.29, 0.717) is 12.1 Å². The Morgan fingerprint density at radius 3 is 2.47 bits per heavy atom. The molecule has 11 nitrogen and oxygen atoms in total. The Labute approximate surface area is 169 Å². The Morgan fingerprint density at radius 1 is 1.23 bits per heavy atom. The van der Waals surface area contributed by atoms with Gasteiger partial charge in [-0.2, -0.15) is 0 Å². The summed E-state index contributed by atoms with van der Waals surface area (Å²) in [6.45, 7) is 1.16. The Morgan fingerprint density at radius 2 is 1.90 bits per heavy atom. The molecule has 0 saturated heterocycles. The lowest BCUT2D eigenvalue weighted by Crippen LogP contribution is -2.30. The lowest BCUT2D eigenvalue weighted by atomic mass is 10.2. The van der Waals surface area contributed by atoms with Crippen molar-refractivity contribution in [1.29, 1.82) is 0 Å². The molecule has 0 fully saturated rings. The van der Waals surface area contributed by atoms with Crippen molar-refractivity contribution >= 4 is 33.3 Å². The smallest absolute Gasteiger partial charge is 0.341 e. The van der Waals surface area contributed by atoms with Gasteiger partial charge in [-0.25, -0.2) is 17.6 Å². The summed E-state index contributed by atoms with van der Waals surface area (Å²) < 4.78 is 51.1. The second-order valence-electron chi connectivity index (χ2n) is 5.84. The van der Waals surface area contributed by atoms with E-state index >= 15 is 0 Å². The summed E-state index contributed by atoms with van der Waals surface area (Å²) in [4.78, 5) is 32.7. The molecule has 1 amide bonds. The van der Waals surface area contributed by atoms with Gasteiger partial charge in [0.05, 0.1) is 28.2 Å². The molecule has 0 aliphatic rings. The number of amides is 1. The summed E-state index contributed by atoms with van der Waals surface area (Å²) >= 11 is 0. The second-order valence-corrected chi connectivity index (χ2v) is 7.52. The number of benzene rings is 2. The first-order chi connectivity index (χ1) is 14.0. The number of hydrogen-bond acceptors (Lipinski definition) is 8. The van der Waals surface area contributed by atoms with Crippen LogP contribution in [0.4, 0.5) is 15.8 Å². The quantitative estimate of drug-likeness (QED) is 0.353. The molecule has 0 heterocycles. The lowest BCUT2D eigenvalue weighted by Gasteiger charge is -2.13. The molecular formula is C17H16FN3O8S. The number of halogens is 1. The maximum atomic E-state index is 14.0. The zero-order chi connectivity index (χ0) is 22.6. The number of primary amides is 1. The molecule has 2 aromatic rings. The van der Waals surface area contributed by atoms with Crippen LogP contribution in [0.25, 0.3) is 0 Å². The number of anilines is 1. The number of esters is 1. The molecule has 0 bridgehead atoms. The third-order valence-electron chi connectivity index (χ3n) is 3.79. The normalized spacial score (nSPS) is 12.0. The summed E-state index contributed by atoms with van der Waals surface area (Å²) in [7, 11) is -3.20. The van der Waals surface area contributed by atoms with E-state index in [4.69, 9.17) is 10.5 Å². The van der Waals surface area contributed by atoms with Crippen LogP contribution in [0, 0.1) is 15.9 Å². The van der Waals surface area contributed by atoms with E-state index in [9.17, 15) is 32.5 Å². The van der Waals surface area contributed by atoms with Gasteiger partial charge in [0.25, 0.3) is 21.6 Å². The number of hydrogen-bond donors (Lipinski definition) is 2. The Hall–Kier alpha value is -3.74. The van der Waals surface area contributed by atoms with Crippen LogP contribution in [0.15, 0.2) is 41.3 Å². The van der Waals surface area contributed by atoms with Gasteiger partial charge in [0.15, 0.2) is 6.10 Å². The van der Waals surface area contributed by atoms with Crippen molar-refractivity contribution in [2.24, 2.45) is 5.73 Å². The number of nitrogens with one attached hydrogen (secondary N) is 1. The number of ether oxygens (including phenoxy) is 2. The Balaban J connectivity index is 2.42. The molecule has 30 heavy (non-hydrogen) atoms. The van der Waals surface area contributed by atoms with E-state index in [1.165, 1.54) is 13.2 Å². The Bertz CT molecular complexity index is 1120. The largest absolute Gasteiger partial charge is 0.495 e. The maximum absolute atomic E-state index is 14.0. The van der Waals surface area contributed by atoms with E-state index in [1.54, 1.807) is 0 Å². The number of sulfonamides is 1. The van der Waals surface area contributed by atoms with E-state index in [2.05, 4.69) is 9.46 Å². The van der Waals surface area contributed by atoms with E-state index < -0.39 is 54.9 Å². The number of carbonyl (C=O) groups excluding carboxylic acids is 2. The second kappa shape index (κ2) is 8.73. The predicted octanol–water partition coefficient (Wildman–Crippen LogP) is 1.57. The number of nitro groups is 1. The molecule has 0 aromatic heterocycles. The van der Waals surface area contributed by atoms with Gasteiger partial charge in [0, 0.05) is 12.1 Å². The SMILES string of the molecule is COc1ccc([N+](=O)[O-])cc1NS(=O)(=O)c1ccc(F)c(C(=O)O[C@@H](C)C(N)=O)c1. The molecule has 1 atom stereocenters. The van der Waals surface area contributed by atoms with E-state index in [1.807, 2.05) is 0 Å². The Kier molecular flexibility index (Phi) is 6.56. The highest BCUT2D eigenvalue weighted by atomic mass is 32.2. The van der Waals surface area contributed by atoms with Gasteiger partial charge in [-0.05, 0) is 31.2 Å².